The minimum Gasteiger partial charge on any atom is -0.381 e. The minimum absolute atomic E-state index is 0.0858. The molecule has 1 aromatic carbocycles. The Morgan fingerprint density at radius 1 is 1.11 bits per heavy atom. The molecule has 0 saturated carbocycles. The Hall–Kier alpha value is -2.12. The largest absolute Gasteiger partial charge is 0.381 e. The zero-order valence-corrected chi connectivity index (χ0v) is 15.8. The summed E-state index contributed by atoms with van der Waals surface area (Å²) in [6.07, 6.45) is 1.95. The van der Waals surface area contributed by atoms with Gasteiger partial charge in [-0.15, -0.1) is 0 Å². The van der Waals surface area contributed by atoms with Crippen LogP contribution in [0.15, 0.2) is 30.3 Å². The molecule has 1 atom stereocenters. The van der Waals surface area contributed by atoms with Crippen LogP contribution in [0, 0.1) is 5.92 Å². The number of amides is 2. The van der Waals surface area contributed by atoms with E-state index in [0.29, 0.717) is 39.3 Å². The Balaban J connectivity index is 1.35. The Morgan fingerprint density at radius 2 is 1.78 bits per heavy atom. The number of carbonyl (C=O) groups is 2. The fourth-order valence-corrected chi connectivity index (χ4v) is 3.71. The average Bonchev–Trinajstić information content (AvgIpc) is 2.74. The summed E-state index contributed by atoms with van der Waals surface area (Å²) in [5, 5.41) is 2.82. The number of hydrogen-bond acceptors (Lipinski definition) is 5. The molecule has 0 aliphatic carbocycles. The van der Waals surface area contributed by atoms with E-state index >= 15 is 0 Å². The van der Waals surface area contributed by atoms with Crippen LogP contribution in [0.25, 0.3) is 0 Å². The van der Waals surface area contributed by atoms with Gasteiger partial charge in [0.05, 0.1) is 6.04 Å². The number of nitrogens with zero attached hydrogens (tertiary/aromatic N) is 2. The van der Waals surface area contributed by atoms with Crippen LogP contribution in [0.4, 0.5) is 5.69 Å². The number of rotatable bonds is 6. The lowest BCUT2D eigenvalue weighted by atomic mass is 9.92. The summed E-state index contributed by atoms with van der Waals surface area (Å²) in [6.45, 7) is 4.76. The molecular weight excluding hydrogens is 344 g/mol. The van der Waals surface area contributed by atoms with E-state index in [1.54, 1.807) is 0 Å². The third kappa shape index (κ3) is 5.43. The van der Waals surface area contributed by atoms with Crippen molar-refractivity contribution in [2.24, 2.45) is 11.7 Å². The molecular formula is C20H30N4O3. The van der Waals surface area contributed by atoms with E-state index in [1.165, 1.54) is 5.69 Å². The summed E-state index contributed by atoms with van der Waals surface area (Å²) in [5.41, 5.74) is 7.25. The molecule has 0 bridgehead atoms. The van der Waals surface area contributed by atoms with Crippen molar-refractivity contribution in [1.29, 1.82) is 0 Å². The summed E-state index contributed by atoms with van der Waals surface area (Å²) < 4.78 is 5.30. The van der Waals surface area contributed by atoms with Crippen molar-refractivity contribution in [3.63, 3.8) is 0 Å². The van der Waals surface area contributed by atoms with E-state index in [9.17, 15) is 9.59 Å². The van der Waals surface area contributed by atoms with Gasteiger partial charge in [0, 0.05) is 58.0 Å². The number of hydrogen-bond donors (Lipinski definition) is 2. The van der Waals surface area contributed by atoms with Crippen LogP contribution >= 0.6 is 0 Å². The first-order chi connectivity index (χ1) is 13.1. The average molecular weight is 374 g/mol. The maximum absolute atomic E-state index is 12.4. The van der Waals surface area contributed by atoms with Crippen molar-refractivity contribution >= 4 is 17.5 Å². The van der Waals surface area contributed by atoms with Gasteiger partial charge in [-0.25, -0.2) is 0 Å². The van der Waals surface area contributed by atoms with Gasteiger partial charge in [-0.05, 0) is 30.9 Å². The predicted molar refractivity (Wildman–Crippen MR) is 104 cm³/mol. The lowest BCUT2D eigenvalue weighted by Crippen LogP contribution is -2.50. The van der Waals surface area contributed by atoms with Gasteiger partial charge >= 0.3 is 0 Å². The molecule has 2 amide bonds. The summed E-state index contributed by atoms with van der Waals surface area (Å²) in [7, 11) is 0. The summed E-state index contributed by atoms with van der Waals surface area (Å²) >= 11 is 0. The Bertz CT molecular complexity index is 611. The zero-order valence-electron chi connectivity index (χ0n) is 15.8. The predicted octanol–water partition coefficient (Wildman–Crippen LogP) is 0.595. The molecule has 1 unspecified atom stereocenters. The number of para-hydroxylation sites is 1. The Labute approximate surface area is 160 Å². The monoisotopic (exact) mass is 374 g/mol. The van der Waals surface area contributed by atoms with E-state index in [2.05, 4.69) is 22.3 Å². The van der Waals surface area contributed by atoms with E-state index in [0.717, 1.165) is 25.9 Å². The summed E-state index contributed by atoms with van der Waals surface area (Å²) in [5.74, 6) is 0.0896. The molecule has 0 spiro atoms. The van der Waals surface area contributed by atoms with E-state index in [1.807, 2.05) is 23.1 Å². The lowest BCUT2D eigenvalue weighted by molar-refractivity contribution is -0.131. The number of anilines is 1. The SMILES string of the molecule is NC(C(=O)NCCC(=O)N1CCN(c2ccccc2)CC1)C1CCOCC1. The van der Waals surface area contributed by atoms with Gasteiger partial charge in [-0.3, -0.25) is 9.59 Å². The number of benzene rings is 1. The standard InChI is InChI=1S/C20H30N4O3/c21-19(16-7-14-27-15-8-16)20(26)22-9-6-18(25)24-12-10-23(11-13-24)17-4-2-1-3-5-17/h1-5,16,19H,6-15,21H2,(H,22,26). The topological polar surface area (TPSA) is 87.9 Å². The molecule has 2 fully saturated rings. The van der Waals surface area contributed by atoms with Crippen molar-refractivity contribution in [1.82, 2.24) is 10.2 Å². The van der Waals surface area contributed by atoms with Gasteiger partial charge in [-0.2, -0.15) is 0 Å². The Kier molecular flexibility index (Phi) is 7.06. The molecule has 7 nitrogen and oxygen atoms in total. The van der Waals surface area contributed by atoms with Crippen molar-refractivity contribution in [2.75, 3.05) is 50.8 Å². The van der Waals surface area contributed by atoms with Crippen LogP contribution in [0.2, 0.25) is 0 Å². The quantitative estimate of drug-likeness (QED) is 0.761. The second-order valence-corrected chi connectivity index (χ2v) is 7.22. The second-order valence-electron chi connectivity index (χ2n) is 7.22. The van der Waals surface area contributed by atoms with Crippen LogP contribution in [0.5, 0.6) is 0 Å². The minimum atomic E-state index is -0.515. The molecule has 2 heterocycles. The number of carbonyl (C=O) groups excluding carboxylic acids is 2. The molecule has 0 aromatic heterocycles. The van der Waals surface area contributed by atoms with Gasteiger partial charge in [0.25, 0.3) is 0 Å². The highest BCUT2D eigenvalue weighted by Crippen LogP contribution is 2.18. The van der Waals surface area contributed by atoms with Crippen LogP contribution in [-0.2, 0) is 14.3 Å². The highest BCUT2D eigenvalue weighted by Gasteiger charge is 2.27. The van der Waals surface area contributed by atoms with Crippen molar-refractivity contribution in [3.8, 4) is 0 Å². The molecule has 2 saturated heterocycles. The maximum atomic E-state index is 12.4. The van der Waals surface area contributed by atoms with Gasteiger partial charge in [0.15, 0.2) is 0 Å². The third-order valence-corrected chi connectivity index (χ3v) is 5.47. The normalized spacial score (nSPS) is 19.6. The molecule has 148 valence electrons. The first kappa shape index (κ1) is 19.6. The van der Waals surface area contributed by atoms with Crippen LogP contribution in [-0.4, -0.2) is 68.7 Å². The second kappa shape index (κ2) is 9.71. The highest BCUT2D eigenvalue weighted by atomic mass is 16.5. The maximum Gasteiger partial charge on any atom is 0.237 e. The van der Waals surface area contributed by atoms with E-state index in [-0.39, 0.29) is 17.7 Å². The fourth-order valence-electron chi connectivity index (χ4n) is 3.71. The van der Waals surface area contributed by atoms with E-state index in [4.69, 9.17) is 10.5 Å². The molecule has 0 radical (unpaired) electrons. The van der Waals surface area contributed by atoms with E-state index < -0.39 is 6.04 Å². The van der Waals surface area contributed by atoms with Crippen molar-refractivity contribution < 1.29 is 14.3 Å². The number of piperazine rings is 1. The fraction of sp³-hybridized carbons (Fsp3) is 0.600. The summed E-state index contributed by atoms with van der Waals surface area (Å²) in [4.78, 5) is 28.8. The van der Waals surface area contributed by atoms with Crippen LogP contribution in [0.1, 0.15) is 19.3 Å². The summed E-state index contributed by atoms with van der Waals surface area (Å²) in [6, 6.07) is 9.73. The van der Waals surface area contributed by atoms with Gasteiger partial charge in [0.2, 0.25) is 11.8 Å². The smallest absolute Gasteiger partial charge is 0.237 e. The molecule has 2 aliphatic rings. The molecule has 2 aliphatic heterocycles. The van der Waals surface area contributed by atoms with Crippen molar-refractivity contribution in [3.05, 3.63) is 30.3 Å². The van der Waals surface area contributed by atoms with Gasteiger partial charge < -0.3 is 25.6 Å². The first-order valence-corrected chi connectivity index (χ1v) is 9.84. The number of nitrogens with two attached hydrogens (primary N) is 1. The number of nitrogens with one attached hydrogen (secondary N) is 1. The van der Waals surface area contributed by atoms with Crippen molar-refractivity contribution in [2.45, 2.75) is 25.3 Å². The number of ether oxygens (including phenoxy) is 1. The zero-order chi connectivity index (χ0) is 19.1. The van der Waals surface area contributed by atoms with Gasteiger partial charge in [-0.1, -0.05) is 18.2 Å². The molecule has 3 N–H and O–H groups in total. The Morgan fingerprint density at radius 3 is 2.44 bits per heavy atom. The third-order valence-electron chi connectivity index (χ3n) is 5.47. The molecule has 7 heteroatoms. The lowest BCUT2D eigenvalue weighted by Gasteiger charge is -2.36. The molecule has 1 aromatic rings. The first-order valence-electron chi connectivity index (χ1n) is 9.84. The highest BCUT2D eigenvalue weighted by molar-refractivity contribution is 5.83. The van der Waals surface area contributed by atoms with Crippen LogP contribution < -0.4 is 16.0 Å². The molecule has 3 rings (SSSR count). The van der Waals surface area contributed by atoms with Gasteiger partial charge in [0.1, 0.15) is 0 Å². The van der Waals surface area contributed by atoms with Crippen LogP contribution in [0.3, 0.4) is 0 Å². The molecule has 27 heavy (non-hydrogen) atoms.